The monoisotopic (exact) mass is 228 g/mol. The van der Waals surface area contributed by atoms with Crippen molar-refractivity contribution in [1.29, 1.82) is 0 Å². The largest absolute Gasteiger partial charge is 0.466 e. The highest BCUT2D eigenvalue weighted by atomic mass is 16.5. The average molecular weight is 228 g/mol. The topological polar surface area (TPSA) is 67.4 Å². The highest BCUT2D eigenvalue weighted by Crippen LogP contribution is 2.04. The molecular formula is C11H20N2O3. The molecule has 5 nitrogen and oxygen atoms in total. The molecule has 1 fully saturated rings. The van der Waals surface area contributed by atoms with Crippen molar-refractivity contribution < 1.29 is 14.3 Å². The van der Waals surface area contributed by atoms with E-state index in [4.69, 9.17) is 4.74 Å². The van der Waals surface area contributed by atoms with Gasteiger partial charge in [0.1, 0.15) is 0 Å². The highest BCUT2D eigenvalue weighted by molar-refractivity contribution is 5.82. The first-order chi connectivity index (χ1) is 7.65. The summed E-state index contributed by atoms with van der Waals surface area (Å²) in [7, 11) is 0. The Morgan fingerprint density at radius 2 is 2.44 bits per heavy atom. The molecule has 16 heavy (non-hydrogen) atoms. The molecule has 1 saturated heterocycles. The molecule has 1 amide bonds. The van der Waals surface area contributed by atoms with Gasteiger partial charge in [-0.15, -0.1) is 0 Å². The van der Waals surface area contributed by atoms with E-state index in [1.165, 1.54) is 0 Å². The molecule has 0 saturated carbocycles. The van der Waals surface area contributed by atoms with Crippen LogP contribution in [0.4, 0.5) is 0 Å². The molecule has 0 aromatic rings. The van der Waals surface area contributed by atoms with Crippen LogP contribution in [-0.4, -0.2) is 37.6 Å². The molecule has 2 atom stereocenters. The van der Waals surface area contributed by atoms with Crippen LogP contribution in [0.25, 0.3) is 0 Å². The minimum atomic E-state index is -0.216. The van der Waals surface area contributed by atoms with Crippen molar-refractivity contribution in [2.75, 3.05) is 19.7 Å². The Hall–Kier alpha value is -1.10. The second-order valence-corrected chi connectivity index (χ2v) is 4.05. The Bertz CT molecular complexity index is 256. The van der Waals surface area contributed by atoms with Gasteiger partial charge in [-0.25, -0.2) is 0 Å². The summed E-state index contributed by atoms with van der Waals surface area (Å²) < 4.78 is 4.89. The quantitative estimate of drug-likeness (QED) is 0.653. The standard InChI is InChI=1S/C11H20N2O3/c1-3-16-11(15)8(2)7-13-9-5-4-6-12-10(9)14/h8-9,13H,3-7H2,1-2H3,(H,12,14). The minimum Gasteiger partial charge on any atom is -0.466 e. The Labute approximate surface area is 95.9 Å². The number of hydrogen-bond acceptors (Lipinski definition) is 4. The number of amides is 1. The van der Waals surface area contributed by atoms with Crippen LogP contribution in [-0.2, 0) is 14.3 Å². The zero-order chi connectivity index (χ0) is 12.0. The summed E-state index contributed by atoms with van der Waals surface area (Å²) in [5, 5.41) is 5.89. The summed E-state index contributed by atoms with van der Waals surface area (Å²) in [5.41, 5.74) is 0. The summed E-state index contributed by atoms with van der Waals surface area (Å²) in [5.74, 6) is -0.400. The van der Waals surface area contributed by atoms with Gasteiger partial charge in [-0.2, -0.15) is 0 Å². The summed E-state index contributed by atoms with van der Waals surface area (Å²) in [6.45, 7) is 5.22. The van der Waals surface area contributed by atoms with Gasteiger partial charge in [0.15, 0.2) is 0 Å². The molecule has 2 unspecified atom stereocenters. The number of carbonyl (C=O) groups is 2. The second-order valence-electron chi connectivity index (χ2n) is 4.05. The maximum Gasteiger partial charge on any atom is 0.309 e. The Morgan fingerprint density at radius 1 is 1.69 bits per heavy atom. The third-order valence-electron chi connectivity index (χ3n) is 2.64. The number of rotatable bonds is 5. The number of hydrogen-bond donors (Lipinski definition) is 2. The number of ether oxygens (including phenoxy) is 1. The third kappa shape index (κ3) is 3.81. The molecule has 1 aliphatic heterocycles. The Balaban J connectivity index is 2.27. The summed E-state index contributed by atoms with van der Waals surface area (Å²) in [4.78, 5) is 22.7. The minimum absolute atomic E-state index is 0.0299. The van der Waals surface area contributed by atoms with Crippen molar-refractivity contribution >= 4 is 11.9 Å². The molecular weight excluding hydrogens is 208 g/mol. The molecule has 0 aromatic heterocycles. The van der Waals surface area contributed by atoms with Gasteiger partial charge in [0, 0.05) is 13.1 Å². The smallest absolute Gasteiger partial charge is 0.309 e. The molecule has 0 aromatic carbocycles. The predicted octanol–water partition coefficient (Wildman–Crippen LogP) is 0.0538. The fourth-order valence-electron chi connectivity index (χ4n) is 1.65. The first kappa shape index (κ1) is 13.0. The summed E-state index contributed by atoms with van der Waals surface area (Å²) in [6.07, 6.45) is 1.82. The zero-order valence-electron chi connectivity index (χ0n) is 9.91. The van der Waals surface area contributed by atoms with Gasteiger partial charge in [0.2, 0.25) is 5.91 Å². The lowest BCUT2D eigenvalue weighted by Crippen LogP contribution is -2.49. The fraction of sp³-hybridized carbons (Fsp3) is 0.818. The molecule has 1 rings (SSSR count). The number of piperidine rings is 1. The molecule has 0 spiro atoms. The predicted molar refractivity (Wildman–Crippen MR) is 59.8 cm³/mol. The molecule has 1 aliphatic rings. The lowest BCUT2D eigenvalue weighted by atomic mass is 10.1. The molecule has 5 heteroatoms. The molecule has 1 heterocycles. The number of nitrogens with one attached hydrogen (secondary N) is 2. The van der Waals surface area contributed by atoms with Crippen molar-refractivity contribution in [2.24, 2.45) is 5.92 Å². The van der Waals surface area contributed by atoms with E-state index in [-0.39, 0.29) is 23.8 Å². The van der Waals surface area contributed by atoms with Gasteiger partial charge in [0.25, 0.3) is 0 Å². The second kappa shape index (κ2) is 6.48. The lowest BCUT2D eigenvalue weighted by molar-refractivity contribution is -0.147. The van der Waals surface area contributed by atoms with Crippen molar-refractivity contribution in [3.63, 3.8) is 0 Å². The van der Waals surface area contributed by atoms with E-state index in [2.05, 4.69) is 10.6 Å². The van der Waals surface area contributed by atoms with Crippen molar-refractivity contribution in [2.45, 2.75) is 32.7 Å². The molecule has 2 N–H and O–H groups in total. The third-order valence-corrected chi connectivity index (χ3v) is 2.64. The molecule has 0 aliphatic carbocycles. The van der Waals surface area contributed by atoms with E-state index in [1.54, 1.807) is 13.8 Å². The normalized spacial score (nSPS) is 22.4. The molecule has 0 radical (unpaired) electrons. The van der Waals surface area contributed by atoms with Crippen LogP contribution in [0.2, 0.25) is 0 Å². The average Bonchev–Trinajstić information content (AvgIpc) is 2.28. The first-order valence-electron chi connectivity index (χ1n) is 5.83. The number of carbonyl (C=O) groups excluding carboxylic acids is 2. The SMILES string of the molecule is CCOC(=O)C(C)CNC1CCCNC1=O. The van der Waals surface area contributed by atoms with Crippen molar-refractivity contribution in [1.82, 2.24) is 10.6 Å². The van der Waals surface area contributed by atoms with Crippen molar-refractivity contribution in [3.8, 4) is 0 Å². The van der Waals surface area contributed by atoms with Crippen LogP contribution < -0.4 is 10.6 Å². The number of esters is 1. The Morgan fingerprint density at radius 3 is 3.06 bits per heavy atom. The van der Waals surface area contributed by atoms with Gasteiger partial charge in [-0.05, 0) is 19.8 Å². The molecule has 0 bridgehead atoms. The van der Waals surface area contributed by atoms with Crippen LogP contribution in [0.15, 0.2) is 0 Å². The van der Waals surface area contributed by atoms with Gasteiger partial charge in [-0.1, -0.05) is 6.92 Å². The van der Waals surface area contributed by atoms with Crippen LogP contribution in [0.5, 0.6) is 0 Å². The summed E-state index contributed by atoms with van der Waals surface area (Å²) in [6, 6.07) is -0.161. The van der Waals surface area contributed by atoms with E-state index in [0.717, 1.165) is 19.4 Å². The van der Waals surface area contributed by atoms with Gasteiger partial charge in [0.05, 0.1) is 18.6 Å². The van der Waals surface area contributed by atoms with Gasteiger partial charge in [-0.3, -0.25) is 9.59 Å². The van der Waals surface area contributed by atoms with E-state index in [1.807, 2.05) is 0 Å². The maximum atomic E-state index is 11.4. The van der Waals surface area contributed by atoms with Gasteiger partial charge >= 0.3 is 5.97 Å². The van der Waals surface area contributed by atoms with Crippen LogP contribution in [0, 0.1) is 5.92 Å². The van der Waals surface area contributed by atoms with Crippen LogP contribution in [0.3, 0.4) is 0 Å². The molecule has 92 valence electrons. The first-order valence-corrected chi connectivity index (χ1v) is 5.83. The van der Waals surface area contributed by atoms with E-state index in [9.17, 15) is 9.59 Å². The van der Waals surface area contributed by atoms with Crippen LogP contribution >= 0.6 is 0 Å². The zero-order valence-corrected chi connectivity index (χ0v) is 9.91. The Kier molecular flexibility index (Phi) is 5.25. The van der Waals surface area contributed by atoms with E-state index in [0.29, 0.717) is 13.2 Å². The van der Waals surface area contributed by atoms with E-state index < -0.39 is 0 Å². The van der Waals surface area contributed by atoms with E-state index >= 15 is 0 Å². The highest BCUT2D eigenvalue weighted by Gasteiger charge is 2.23. The fourth-order valence-corrected chi connectivity index (χ4v) is 1.65. The lowest BCUT2D eigenvalue weighted by Gasteiger charge is -2.23. The van der Waals surface area contributed by atoms with Crippen LogP contribution in [0.1, 0.15) is 26.7 Å². The summed E-state index contributed by atoms with van der Waals surface area (Å²) >= 11 is 0. The van der Waals surface area contributed by atoms with Crippen molar-refractivity contribution in [3.05, 3.63) is 0 Å². The van der Waals surface area contributed by atoms with Gasteiger partial charge < -0.3 is 15.4 Å². The maximum absolute atomic E-state index is 11.4.